The molecule has 0 saturated heterocycles. The molecule has 40 heavy (non-hydrogen) atoms. The molecular weight excluding hydrogens is 611 g/mol. The van der Waals surface area contributed by atoms with E-state index in [1.165, 1.54) is 4.90 Å². The zero-order valence-electron chi connectivity index (χ0n) is 23.6. The van der Waals surface area contributed by atoms with E-state index in [9.17, 15) is 9.59 Å². The monoisotopic (exact) mass is 646 g/mol. The minimum atomic E-state index is -0.809. The highest BCUT2D eigenvalue weighted by molar-refractivity contribution is 9.10. The van der Waals surface area contributed by atoms with E-state index >= 15 is 0 Å². The van der Waals surface area contributed by atoms with Gasteiger partial charge in [-0.2, -0.15) is 0 Å². The molecule has 0 fully saturated rings. The third-order valence-corrected chi connectivity index (χ3v) is 7.82. The Hall–Kier alpha value is -2.54. The molecule has 0 aromatic heterocycles. The van der Waals surface area contributed by atoms with Crippen LogP contribution in [0.15, 0.2) is 71.2 Å². The van der Waals surface area contributed by atoms with Gasteiger partial charge in [0.05, 0.1) is 4.47 Å². The SMILES string of the molecule is CC(C)CNC(=O)C(Cc1ccccc1)N(Cc1c(Cl)cccc1Cl)C(=O)COc1ccc(C(C)(C)C)cc1Br. The Balaban J connectivity index is 1.95. The Bertz CT molecular complexity index is 1290. The van der Waals surface area contributed by atoms with Crippen LogP contribution in [0.5, 0.6) is 5.75 Å². The van der Waals surface area contributed by atoms with Gasteiger partial charge in [0, 0.05) is 35.1 Å². The van der Waals surface area contributed by atoms with Crippen molar-refractivity contribution in [1.82, 2.24) is 10.2 Å². The lowest BCUT2D eigenvalue weighted by Crippen LogP contribution is -2.52. The Morgan fingerprint density at radius 3 is 2.20 bits per heavy atom. The number of halogens is 3. The first-order valence-electron chi connectivity index (χ1n) is 13.3. The molecule has 3 rings (SSSR count). The Morgan fingerprint density at radius 2 is 1.62 bits per heavy atom. The number of nitrogens with one attached hydrogen (secondary N) is 1. The van der Waals surface area contributed by atoms with Crippen molar-refractivity contribution in [1.29, 1.82) is 0 Å². The Labute approximate surface area is 256 Å². The van der Waals surface area contributed by atoms with Crippen LogP contribution in [0, 0.1) is 5.92 Å². The molecule has 0 bridgehead atoms. The fourth-order valence-corrected chi connectivity index (χ4v) is 5.15. The van der Waals surface area contributed by atoms with E-state index < -0.39 is 6.04 Å². The van der Waals surface area contributed by atoms with Gasteiger partial charge in [0.15, 0.2) is 6.61 Å². The van der Waals surface area contributed by atoms with Gasteiger partial charge in [-0.15, -0.1) is 0 Å². The summed E-state index contributed by atoms with van der Waals surface area (Å²) in [6.07, 6.45) is 0.322. The summed E-state index contributed by atoms with van der Waals surface area (Å²) < 4.78 is 6.74. The van der Waals surface area contributed by atoms with Gasteiger partial charge >= 0.3 is 0 Å². The van der Waals surface area contributed by atoms with Crippen molar-refractivity contribution in [3.05, 3.63) is 97.9 Å². The number of hydrogen-bond acceptors (Lipinski definition) is 3. The van der Waals surface area contributed by atoms with Gasteiger partial charge in [-0.05, 0) is 62.7 Å². The minimum Gasteiger partial charge on any atom is -0.483 e. The summed E-state index contributed by atoms with van der Waals surface area (Å²) in [7, 11) is 0. The van der Waals surface area contributed by atoms with Crippen LogP contribution >= 0.6 is 39.1 Å². The fourth-order valence-electron chi connectivity index (χ4n) is 4.14. The Kier molecular flexibility index (Phi) is 11.5. The molecule has 0 radical (unpaired) electrons. The normalized spacial score (nSPS) is 12.2. The minimum absolute atomic E-state index is 0.0318. The predicted molar refractivity (Wildman–Crippen MR) is 167 cm³/mol. The molecule has 0 aliphatic rings. The van der Waals surface area contributed by atoms with Crippen molar-refractivity contribution < 1.29 is 14.3 Å². The third-order valence-electron chi connectivity index (χ3n) is 6.49. The van der Waals surface area contributed by atoms with Crippen molar-refractivity contribution in [2.45, 2.75) is 59.0 Å². The van der Waals surface area contributed by atoms with Crippen LogP contribution in [-0.4, -0.2) is 35.9 Å². The first-order chi connectivity index (χ1) is 18.9. The lowest BCUT2D eigenvalue weighted by molar-refractivity contribution is -0.142. The number of hydrogen-bond donors (Lipinski definition) is 1. The van der Waals surface area contributed by atoms with E-state index in [0.29, 0.717) is 34.3 Å². The van der Waals surface area contributed by atoms with Gasteiger partial charge < -0.3 is 15.0 Å². The molecule has 1 unspecified atom stereocenters. The quantitative estimate of drug-likeness (QED) is 0.231. The average molecular weight is 648 g/mol. The van der Waals surface area contributed by atoms with Crippen LogP contribution in [-0.2, 0) is 28.0 Å². The number of carbonyl (C=O) groups is 2. The van der Waals surface area contributed by atoms with E-state index in [4.69, 9.17) is 27.9 Å². The summed E-state index contributed by atoms with van der Waals surface area (Å²) in [6.45, 7) is 10.7. The molecule has 0 heterocycles. The van der Waals surface area contributed by atoms with Crippen molar-refractivity contribution >= 4 is 50.9 Å². The van der Waals surface area contributed by atoms with Crippen molar-refractivity contribution in [3.63, 3.8) is 0 Å². The standard InChI is InChI=1S/C32H37BrCl2N2O3/c1-21(2)18-36-31(39)28(16-22-10-7-6-8-11-22)37(19-24-26(34)12-9-13-27(24)35)30(38)20-40-29-15-14-23(17-25(29)33)32(3,4)5/h6-15,17,21,28H,16,18-20H2,1-5H3,(H,36,39). The number of nitrogens with zero attached hydrogens (tertiary/aromatic N) is 1. The van der Waals surface area contributed by atoms with Crippen molar-refractivity contribution in [2.24, 2.45) is 5.92 Å². The van der Waals surface area contributed by atoms with Crippen LogP contribution < -0.4 is 10.1 Å². The van der Waals surface area contributed by atoms with Crippen LogP contribution in [0.3, 0.4) is 0 Å². The van der Waals surface area contributed by atoms with E-state index in [-0.39, 0.29) is 36.3 Å². The molecule has 3 aromatic carbocycles. The zero-order valence-corrected chi connectivity index (χ0v) is 26.7. The molecule has 0 aliphatic carbocycles. The summed E-state index contributed by atoms with van der Waals surface area (Å²) in [4.78, 5) is 29.0. The third kappa shape index (κ3) is 8.98. The maximum Gasteiger partial charge on any atom is 0.261 e. The molecule has 0 spiro atoms. The number of amides is 2. The first kappa shape index (κ1) is 32.0. The average Bonchev–Trinajstić information content (AvgIpc) is 2.89. The molecule has 3 aromatic rings. The second-order valence-corrected chi connectivity index (χ2v) is 12.9. The highest BCUT2D eigenvalue weighted by Gasteiger charge is 2.32. The van der Waals surface area contributed by atoms with Gasteiger partial charge in [-0.3, -0.25) is 9.59 Å². The van der Waals surface area contributed by atoms with Gasteiger partial charge in [0.2, 0.25) is 5.91 Å². The molecular formula is C32H37BrCl2N2O3. The zero-order chi connectivity index (χ0) is 29.4. The summed E-state index contributed by atoms with van der Waals surface area (Å²) in [5, 5.41) is 3.86. The van der Waals surface area contributed by atoms with E-state index in [1.54, 1.807) is 18.2 Å². The number of benzene rings is 3. The van der Waals surface area contributed by atoms with Crippen LogP contribution in [0.1, 0.15) is 51.3 Å². The molecule has 0 saturated carbocycles. The second kappa shape index (κ2) is 14.4. The number of carbonyl (C=O) groups excluding carboxylic acids is 2. The van der Waals surface area contributed by atoms with Crippen LogP contribution in [0.4, 0.5) is 0 Å². The van der Waals surface area contributed by atoms with E-state index in [0.717, 1.165) is 15.6 Å². The maximum atomic E-state index is 13.9. The van der Waals surface area contributed by atoms with Crippen LogP contribution in [0.25, 0.3) is 0 Å². The fraction of sp³-hybridized carbons (Fsp3) is 0.375. The summed E-state index contributed by atoms with van der Waals surface area (Å²) in [6, 6.07) is 19.9. The summed E-state index contributed by atoms with van der Waals surface area (Å²) in [5.41, 5.74) is 2.61. The van der Waals surface area contributed by atoms with Gasteiger partial charge in [-0.25, -0.2) is 0 Å². The van der Waals surface area contributed by atoms with Gasteiger partial charge in [0.25, 0.3) is 5.91 Å². The Morgan fingerprint density at radius 1 is 0.975 bits per heavy atom. The molecule has 214 valence electrons. The second-order valence-electron chi connectivity index (χ2n) is 11.3. The maximum absolute atomic E-state index is 13.9. The molecule has 5 nitrogen and oxygen atoms in total. The lowest BCUT2D eigenvalue weighted by atomic mass is 9.87. The van der Waals surface area contributed by atoms with E-state index in [1.807, 2.05) is 62.4 Å². The molecule has 0 aliphatic heterocycles. The van der Waals surface area contributed by atoms with Crippen molar-refractivity contribution in [2.75, 3.05) is 13.2 Å². The molecule has 2 amide bonds. The molecule has 1 N–H and O–H groups in total. The highest BCUT2D eigenvalue weighted by atomic mass is 79.9. The summed E-state index contributed by atoms with van der Waals surface area (Å²) in [5.74, 6) is 0.189. The smallest absolute Gasteiger partial charge is 0.261 e. The summed E-state index contributed by atoms with van der Waals surface area (Å²) >= 11 is 16.6. The molecule has 8 heteroatoms. The number of rotatable bonds is 11. The van der Waals surface area contributed by atoms with Crippen molar-refractivity contribution in [3.8, 4) is 5.75 Å². The van der Waals surface area contributed by atoms with E-state index in [2.05, 4.69) is 42.0 Å². The first-order valence-corrected chi connectivity index (χ1v) is 14.9. The number of ether oxygens (including phenoxy) is 1. The predicted octanol–water partition coefficient (Wildman–Crippen LogP) is 7.84. The highest BCUT2D eigenvalue weighted by Crippen LogP contribution is 2.32. The van der Waals surface area contributed by atoms with Gasteiger partial charge in [-0.1, -0.05) is 100 Å². The lowest BCUT2D eigenvalue weighted by Gasteiger charge is -2.32. The topological polar surface area (TPSA) is 58.6 Å². The van der Waals surface area contributed by atoms with Crippen LogP contribution in [0.2, 0.25) is 10.0 Å². The largest absolute Gasteiger partial charge is 0.483 e. The molecule has 1 atom stereocenters. The van der Waals surface area contributed by atoms with Gasteiger partial charge in [0.1, 0.15) is 11.8 Å².